The van der Waals surface area contributed by atoms with Crippen LogP contribution in [-0.4, -0.2) is 33.1 Å². The number of aryl methyl sites for hydroxylation is 1. The van der Waals surface area contributed by atoms with E-state index in [1.54, 1.807) is 50.3 Å². The van der Waals surface area contributed by atoms with Gasteiger partial charge in [-0.1, -0.05) is 24.3 Å². The molecule has 0 saturated heterocycles. The molecule has 3 rings (SSSR count). The highest BCUT2D eigenvalue weighted by atomic mass is 32.2. The Labute approximate surface area is 200 Å². The molecule has 0 bridgehead atoms. The predicted molar refractivity (Wildman–Crippen MR) is 130 cm³/mol. The first-order valence-electron chi connectivity index (χ1n) is 10.7. The SMILES string of the molecule is Cc1ccc([N+](=O)[O-])cc1NC(=O)C(C)Sc1cccc(NC(=O)C2CC=CCC2C(=O)O)c1. The number of carboxylic acids is 1. The van der Waals surface area contributed by atoms with Crippen LogP contribution >= 0.6 is 11.8 Å². The molecule has 3 N–H and O–H groups in total. The van der Waals surface area contributed by atoms with E-state index in [1.807, 2.05) is 6.08 Å². The number of nitro benzene ring substituents is 1. The number of amides is 2. The minimum Gasteiger partial charge on any atom is -0.481 e. The highest BCUT2D eigenvalue weighted by Crippen LogP contribution is 2.30. The number of hydrogen-bond donors (Lipinski definition) is 3. The molecule has 0 radical (unpaired) electrons. The topological polar surface area (TPSA) is 139 Å². The summed E-state index contributed by atoms with van der Waals surface area (Å²) in [5.41, 5.74) is 1.49. The molecule has 10 heteroatoms. The number of nitrogens with one attached hydrogen (secondary N) is 2. The van der Waals surface area contributed by atoms with Crippen LogP contribution in [-0.2, 0) is 14.4 Å². The number of anilines is 2. The zero-order chi connectivity index (χ0) is 24.8. The maximum absolute atomic E-state index is 12.7. The maximum Gasteiger partial charge on any atom is 0.307 e. The minimum absolute atomic E-state index is 0.108. The third kappa shape index (κ3) is 6.22. The van der Waals surface area contributed by atoms with Crippen molar-refractivity contribution >= 4 is 46.6 Å². The van der Waals surface area contributed by atoms with Gasteiger partial charge in [0.05, 0.1) is 27.7 Å². The molecule has 3 atom stereocenters. The van der Waals surface area contributed by atoms with Crippen LogP contribution < -0.4 is 10.6 Å². The van der Waals surface area contributed by atoms with Gasteiger partial charge in [0.25, 0.3) is 5.69 Å². The van der Waals surface area contributed by atoms with Crippen molar-refractivity contribution in [1.29, 1.82) is 0 Å². The fraction of sp³-hybridized carbons (Fsp3) is 0.292. The van der Waals surface area contributed by atoms with E-state index in [0.29, 0.717) is 29.8 Å². The zero-order valence-corrected chi connectivity index (χ0v) is 19.5. The van der Waals surface area contributed by atoms with Crippen molar-refractivity contribution in [2.75, 3.05) is 10.6 Å². The summed E-state index contributed by atoms with van der Waals surface area (Å²) in [6.45, 7) is 3.46. The normalized spacial score (nSPS) is 18.1. The maximum atomic E-state index is 12.7. The molecule has 2 amide bonds. The Balaban J connectivity index is 1.64. The molecule has 0 saturated carbocycles. The molecule has 0 heterocycles. The Bertz CT molecular complexity index is 1150. The van der Waals surface area contributed by atoms with Crippen molar-refractivity contribution in [3.05, 3.63) is 70.3 Å². The zero-order valence-electron chi connectivity index (χ0n) is 18.7. The second-order valence-electron chi connectivity index (χ2n) is 8.02. The summed E-state index contributed by atoms with van der Waals surface area (Å²) < 4.78 is 0. The molecular formula is C24H25N3O6S. The highest BCUT2D eigenvalue weighted by Gasteiger charge is 2.34. The van der Waals surface area contributed by atoms with E-state index >= 15 is 0 Å². The first-order chi connectivity index (χ1) is 16.2. The molecule has 2 aromatic carbocycles. The summed E-state index contributed by atoms with van der Waals surface area (Å²) in [4.78, 5) is 48.1. The van der Waals surface area contributed by atoms with Crippen molar-refractivity contribution < 1.29 is 24.4 Å². The molecule has 3 unspecified atom stereocenters. The Morgan fingerprint density at radius 2 is 1.79 bits per heavy atom. The molecule has 178 valence electrons. The monoisotopic (exact) mass is 483 g/mol. The number of nitrogens with zero attached hydrogens (tertiary/aromatic N) is 1. The first-order valence-corrected chi connectivity index (χ1v) is 11.5. The van der Waals surface area contributed by atoms with Crippen LogP contribution in [0, 0.1) is 28.9 Å². The summed E-state index contributed by atoms with van der Waals surface area (Å²) in [5.74, 6) is -3.08. The third-order valence-corrected chi connectivity index (χ3v) is 6.65. The van der Waals surface area contributed by atoms with Gasteiger partial charge >= 0.3 is 5.97 Å². The van der Waals surface area contributed by atoms with Crippen molar-refractivity contribution in [2.45, 2.75) is 36.8 Å². The van der Waals surface area contributed by atoms with Gasteiger partial charge in [-0.3, -0.25) is 24.5 Å². The van der Waals surface area contributed by atoms with E-state index in [2.05, 4.69) is 10.6 Å². The molecule has 0 aliphatic heterocycles. The summed E-state index contributed by atoms with van der Waals surface area (Å²) in [5, 5.41) is 25.4. The van der Waals surface area contributed by atoms with Gasteiger partial charge < -0.3 is 15.7 Å². The summed E-state index contributed by atoms with van der Waals surface area (Å²) >= 11 is 1.27. The molecule has 0 aromatic heterocycles. The number of allylic oxidation sites excluding steroid dienone is 2. The van der Waals surface area contributed by atoms with Crippen molar-refractivity contribution in [3.63, 3.8) is 0 Å². The fourth-order valence-corrected chi connectivity index (χ4v) is 4.54. The molecule has 2 aromatic rings. The number of non-ortho nitro benzene ring substituents is 1. The van der Waals surface area contributed by atoms with E-state index in [1.165, 1.54) is 23.9 Å². The Morgan fingerprint density at radius 1 is 1.09 bits per heavy atom. The number of benzene rings is 2. The third-order valence-electron chi connectivity index (χ3n) is 5.56. The number of carbonyl (C=O) groups is 3. The number of carbonyl (C=O) groups excluding carboxylic acids is 2. The Morgan fingerprint density at radius 3 is 2.47 bits per heavy atom. The minimum atomic E-state index is -0.993. The largest absolute Gasteiger partial charge is 0.481 e. The lowest BCUT2D eigenvalue weighted by Crippen LogP contribution is -2.34. The van der Waals surface area contributed by atoms with Crippen LogP contribution in [0.3, 0.4) is 0 Å². The highest BCUT2D eigenvalue weighted by molar-refractivity contribution is 8.00. The van der Waals surface area contributed by atoms with Crippen LogP contribution in [0.25, 0.3) is 0 Å². The molecule has 0 spiro atoms. The average Bonchev–Trinajstić information content (AvgIpc) is 2.80. The molecule has 9 nitrogen and oxygen atoms in total. The van der Waals surface area contributed by atoms with Gasteiger partial charge in [0.1, 0.15) is 0 Å². The predicted octanol–water partition coefficient (Wildman–Crippen LogP) is 4.63. The van der Waals surface area contributed by atoms with Gasteiger partial charge in [-0.25, -0.2) is 0 Å². The Hall–Kier alpha value is -3.66. The number of carboxylic acid groups (broad SMARTS) is 1. The lowest BCUT2D eigenvalue weighted by atomic mass is 9.82. The van der Waals surface area contributed by atoms with Crippen molar-refractivity contribution in [2.24, 2.45) is 11.8 Å². The van der Waals surface area contributed by atoms with Crippen molar-refractivity contribution in [3.8, 4) is 0 Å². The number of hydrogen-bond acceptors (Lipinski definition) is 6. The number of aliphatic carboxylic acids is 1. The standard InChI is InChI=1S/C24H25N3O6S/c1-14-10-11-17(27(32)33)13-21(14)26-22(28)15(2)34-18-7-5-6-16(12-18)25-23(29)19-8-3-4-9-20(19)24(30)31/h3-7,10-13,15,19-20H,8-9H2,1-2H3,(H,25,29)(H,26,28)(H,30,31). The molecule has 1 aliphatic carbocycles. The molecule has 0 fully saturated rings. The van der Waals surface area contributed by atoms with Crippen LogP contribution in [0.2, 0.25) is 0 Å². The van der Waals surface area contributed by atoms with Gasteiger partial charge in [0.2, 0.25) is 11.8 Å². The van der Waals surface area contributed by atoms with E-state index in [0.717, 1.165) is 4.90 Å². The van der Waals surface area contributed by atoms with Gasteiger partial charge in [0.15, 0.2) is 0 Å². The molecule has 34 heavy (non-hydrogen) atoms. The number of rotatable bonds is 8. The summed E-state index contributed by atoms with van der Waals surface area (Å²) in [6.07, 6.45) is 4.28. The van der Waals surface area contributed by atoms with Gasteiger partial charge in [0, 0.05) is 22.7 Å². The van der Waals surface area contributed by atoms with Crippen LogP contribution in [0.4, 0.5) is 17.1 Å². The summed E-state index contributed by atoms with van der Waals surface area (Å²) in [6, 6.07) is 11.2. The van der Waals surface area contributed by atoms with E-state index < -0.39 is 28.0 Å². The van der Waals surface area contributed by atoms with Gasteiger partial charge in [-0.15, -0.1) is 11.8 Å². The average molecular weight is 484 g/mol. The fourth-order valence-electron chi connectivity index (χ4n) is 3.61. The van der Waals surface area contributed by atoms with Crippen molar-refractivity contribution in [1.82, 2.24) is 0 Å². The Kier molecular flexibility index (Phi) is 8.06. The van der Waals surface area contributed by atoms with E-state index in [9.17, 15) is 29.6 Å². The van der Waals surface area contributed by atoms with E-state index in [-0.39, 0.29) is 17.5 Å². The lowest BCUT2D eigenvalue weighted by molar-refractivity contribution is -0.384. The molecule has 1 aliphatic rings. The van der Waals surface area contributed by atoms with Crippen LogP contribution in [0.5, 0.6) is 0 Å². The summed E-state index contributed by atoms with van der Waals surface area (Å²) in [7, 11) is 0. The van der Waals surface area contributed by atoms with Crippen LogP contribution in [0.15, 0.2) is 59.5 Å². The lowest BCUT2D eigenvalue weighted by Gasteiger charge is -2.24. The molecular weight excluding hydrogens is 458 g/mol. The quantitative estimate of drug-likeness (QED) is 0.215. The second-order valence-corrected chi connectivity index (χ2v) is 9.43. The van der Waals surface area contributed by atoms with Gasteiger partial charge in [-0.05, 0) is 50.5 Å². The van der Waals surface area contributed by atoms with E-state index in [4.69, 9.17) is 0 Å². The first kappa shape index (κ1) is 25.0. The van der Waals surface area contributed by atoms with Crippen LogP contribution in [0.1, 0.15) is 25.3 Å². The van der Waals surface area contributed by atoms with Gasteiger partial charge in [-0.2, -0.15) is 0 Å². The second kappa shape index (κ2) is 11.0. The number of thioether (sulfide) groups is 1. The smallest absolute Gasteiger partial charge is 0.307 e. The number of nitro groups is 1.